The van der Waals surface area contributed by atoms with Gasteiger partial charge < -0.3 is 10.4 Å². The predicted octanol–water partition coefficient (Wildman–Crippen LogP) is 3.63. The molecule has 1 unspecified atom stereocenters. The second-order valence-corrected chi connectivity index (χ2v) is 4.24. The summed E-state index contributed by atoms with van der Waals surface area (Å²) in [7, 11) is 0. The summed E-state index contributed by atoms with van der Waals surface area (Å²) in [5, 5.41) is 11.2. The van der Waals surface area contributed by atoms with Gasteiger partial charge in [-0.2, -0.15) is 13.2 Å². The van der Waals surface area contributed by atoms with Gasteiger partial charge in [0.2, 0.25) is 0 Å². The van der Waals surface area contributed by atoms with Crippen molar-refractivity contribution < 1.29 is 23.1 Å². The highest BCUT2D eigenvalue weighted by molar-refractivity contribution is 6.33. The fourth-order valence-electron chi connectivity index (χ4n) is 1.39. The van der Waals surface area contributed by atoms with Crippen molar-refractivity contribution in [2.75, 3.05) is 5.32 Å². The van der Waals surface area contributed by atoms with Gasteiger partial charge in [0.05, 0.1) is 22.7 Å². The maximum absolute atomic E-state index is 12.4. The highest BCUT2D eigenvalue weighted by Crippen LogP contribution is 2.33. The summed E-state index contributed by atoms with van der Waals surface area (Å²) < 4.78 is 37.1. The number of carbonyl (C=O) groups is 1. The van der Waals surface area contributed by atoms with Gasteiger partial charge in [-0.3, -0.25) is 4.79 Å². The van der Waals surface area contributed by atoms with Crippen molar-refractivity contribution in [1.82, 2.24) is 0 Å². The SMILES string of the molecule is CC(CC(=O)O)Nc1ccc(C(F)(F)F)cc1Cl. The Morgan fingerprint density at radius 3 is 2.56 bits per heavy atom. The molecule has 0 radical (unpaired) electrons. The van der Waals surface area contributed by atoms with Gasteiger partial charge in [-0.25, -0.2) is 0 Å². The third-order valence-electron chi connectivity index (χ3n) is 2.18. The van der Waals surface area contributed by atoms with E-state index in [0.29, 0.717) is 0 Å². The highest BCUT2D eigenvalue weighted by atomic mass is 35.5. The molecule has 0 heterocycles. The Balaban J connectivity index is 2.83. The van der Waals surface area contributed by atoms with Gasteiger partial charge in [-0.05, 0) is 25.1 Å². The van der Waals surface area contributed by atoms with E-state index in [0.717, 1.165) is 12.1 Å². The number of hydrogen-bond acceptors (Lipinski definition) is 2. The molecule has 0 bridgehead atoms. The Labute approximate surface area is 107 Å². The molecule has 1 atom stereocenters. The van der Waals surface area contributed by atoms with Crippen LogP contribution in [0, 0.1) is 0 Å². The molecular weight excluding hydrogens is 271 g/mol. The van der Waals surface area contributed by atoms with E-state index in [1.54, 1.807) is 6.92 Å². The zero-order valence-electron chi connectivity index (χ0n) is 9.38. The first-order chi connectivity index (χ1) is 8.20. The van der Waals surface area contributed by atoms with Crippen molar-refractivity contribution in [2.24, 2.45) is 0 Å². The van der Waals surface area contributed by atoms with Gasteiger partial charge in [-0.15, -0.1) is 0 Å². The fourth-order valence-corrected chi connectivity index (χ4v) is 1.62. The summed E-state index contributed by atoms with van der Waals surface area (Å²) in [5.74, 6) is -1.00. The normalized spacial score (nSPS) is 13.2. The molecule has 3 nitrogen and oxygen atoms in total. The van der Waals surface area contributed by atoms with Crippen LogP contribution in [0.1, 0.15) is 18.9 Å². The van der Waals surface area contributed by atoms with E-state index in [1.807, 2.05) is 0 Å². The highest BCUT2D eigenvalue weighted by Gasteiger charge is 2.30. The number of hydrogen-bond donors (Lipinski definition) is 2. The Bertz CT molecular complexity index is 448. The second kappa shape index (κ2) is 5.48. The molecule has 0 saturated heterocycles. The monoisotopic (exact) mass is 281 g/mol. The standard InChI is InChI=1S/C11H11ClF3NO2/c1-6(4-10(17)18)16-9-3-2-7(5-8(9)12)11(13,14)15/h2-3,5-6,16H,4H2,1H3,(H,17,18). The Hall–Kier alpha value is -1.43. The number of carboxylic acid groups (broad SMARTS) is 1. The van der Waals surface area contributed by atoms with Crippen LogP contribution in [0.3, 0.4) is 0 Å². The Kier molecular flexibility index (Phi) is 4.45. The number of benzene rings is 1. The van der Waals surface area contributed by atoms with Crippen LogP contribution < -0.4 is 5.32 Å². The minimum absolute atomic E-state index is 0.0953. The number of alkyl halides is 3. The third kappa shape index (κ3) is 4.10. The molecule has 0 spiro atoms. The van der Waals surface area contributed by atoms with Crippen LogP contribution in [0.2, 0.25) is 5.02 Å². The molecular formula is C11H11ClF3NO2. The van der Waals surface area contributed by atoms with Crippen molar-refractivity contribution in [3.63, 3.8) is 0 Å². The maximum Gasteiger partial charge on any atom is 0.416 e. The lowest BCUT2D eigenvalue weighted by molar-refractivity contribution is -0.138. The number of rotatable bonds is 4. The summed E-state index contributed by atoms with van der Waals surface area (Å²) in [6.45, 7) is 1.60. The van der Waals surface area contributed by atoms with Crippen LogP contribution in [0.4, 0.5) is 18.9 Å². The first-order valence-electron chi connectivity index (χ1n) is 5.05. The maximum atomic E-state index is 12.4. The van der Waals surface area contributed by atoms with E-state index in [4.69, 9.17) is 16.7 Å². The minimum atomic E-state index is -4.45. The van der Waals surface area contributed by atoms with Crippen molar-refractivity contribution in [2.45, 2.75) is 25.6 Å². The average molecular weight is 282 g/mol. The minimum Gasteiger partial charge on any atom is -0.481 e. The van der Waals surface area contributed by atoms with Gasteiger partial charge >= 0.3 is 12.1 Å². The molecule has 0 aliphatic carbocycles. The van der Waals surface area contributed by atoms with E-state index < -0.39 is 23.8 Å². The first-order valence-corrected chi connectivity index (χ1v) is 5.43. The Morgan fingerprint density at radius 1 is 1.50 bits per heavy atom. The van der Waals surface area contributed by atoms with Crippen LogP contribution in [0.25, 0.3) is 0 Å². The number of anilines is 1. The van der Waals surface area contributed by atoms with Crippen LogP contribution in [0.5, 0.6) is 0 Å². The number of aliphatic carboxylic acids is 1. The van der Waals surface area contributed by atoms with Gasteiger partial charge in [0.1, 0.15) is 0 Å². The van der Waals surface area contributed by atoms with Gasteiger partial charge in [0, 0.05) is 6.04 Å². The fraction of sp³-hybridized carbons (Fsp3) is 0.364. The van der Waals surface area contributed by atoms with E-state index in [1.165, 1.54) is 6.07 Å². The first kappa shape index (κ1) is 14.6. The zero-order valence-corrected chi connectivity index (χ0v) is 10.1. The molecule has 7 heteroatoms. The van der Waals surface area contributed by atoms with Crippen LogP contribution >= 0.6 is 11.6 Å². The van der Waals surface area contributed by atoms with E-state index in [2.05, 4.69) is 5.32 Å². The third-order valence-corrected chi connectivity index (χ3v) is 2.49. The van der Waals surface area contributed by atoms with Crippen molar-refractivity contribution in [3.8, 4) is 0 Å². The number of nitrogens with one attached hydrogen (secondary N) is 1. The zero-order chi connectivity index (χ0) is 13.9. The van der Waals surface area contributed by atoms with Gasteiger partial charge in [-0.1, -0.05) is 11.6 Å². The summed E-state index contributed by atoms with van der Waals surface area (Å²) in [5.41, 5.74) is -0.567. The molecule has 0 aliphatic rings. The summed E-state index contributed by atoms with van der Waals surface area (Å²) >= 11 is 5.71. The topological polar surface area (TPSA) is 49.3 Å². The largest absolute Gasteiger partial charge is 0.481 e. The lowest BCUT2D eigenvalue weighted by Gasteiger charge is -2.15. The smallest absolute Gasteiger partial charge is 0.416 e. The van der Waals surface area contributed by atoms with Crippen molar-refractivity contribution in [1.29, 1.82) is 0 Å². The average Bonchev–Trinajstić information content (AvgIpc) is 2.18. The van der Waals surface area contributed by atoms with Crippen molar-refractivity contribution in [3.05, 3.63) is 28.8 Å². The molecule has 0 fully saturated rings. The number of carboxylic acids is 1. The van der Waals surface area contributed by atoms with Crippen LogP contribution in [0.15, 0.2) is 18.2 Å². The van der Waals surface area contributed by atoms with Gasteiger partial charge in [0.25, 0.3) is 0 Å². The van der Waals surface area contributed by atoms with Gasteiger partial charge in [0.15, 0.2) is 0 Å². The van der Waals surface area contributed by atoms with E-state index in [-0.39, 0.29) is 17.1 Å². The molecule has 2 N–H and O–H groups in total. The molecule has 0 amide bonds. The lowest BCUT2D eigenvalue weighted by atomic mass is 10.1. The summed E-state index contributed by atoms with van der Waals surface area (Å²) in [6.07, 6.45) is -4.60. The van der Waals surface area contributed by atoms with E-state index >= 15 is 0 Å². The Morgan fingerprint density at radius 2 is 2.11 bits per heavy atom. The predicted molar refractivity (Wildman–Crippen MR) is 61.8 cm³/mol. The van der Waals surface area contributed by atoms with Crippen LogP contribution in [-0.2, 0) is 11.0 Å². The molecule has 18 heavy (non-hydrogen) atoms. The molecule has 100 valence electrons. The molecule has 1 aromatic rings. The summed E-state index contributed by atoms with van der Waals surface area (Å²) in [6, 6.07) is 2.44. The lowest BCUT2D eigenvalue weighted by Crippen LogP contribution is -2.19. The molecule has 0 saturated carbocycles. The van der Waals surface area contributed by atoms with Crippen LogP contribution in [-0.4, -0.2) is 17.1 Å². The second-order valence-electron chi connectivity index (χ2n) is 3.84. The molecule has 1 aromatic carbocycles. The van der Waals surface area contributed by atoms with E-state index in [9.17, 15) is 18.0 Å². The molecule has 0 aliphatic heterocycles. The quantitative estimate of drug-likeness (QED) is 0.886. The van der Waals surface area contributed by atoms with Crippen molar-refractivity contribution >= 4 is 23.3 Å². The number of halogens is 4. The molecule has 1 rings (SSSR count). The molecule has 0 aromatic heterocycles. The summed E-state index contributed by atoms with van der Waals surface area (Å²) in [4.78, 5) is 10.4.